The van der Waals surface area contributed by atoms with Gasteiger partial charge in [-0.2, -0.15) is 0 Å². The van der Waals surface area contributed by atoms with Crippen LogP contribution in [0.5, 0.6) is 0 Å². The number of aryl methyl sites for hydroxylation is 2. The van der Waals surface area contributed by atoms with Crippen molar-refractivity contribution >= 4 is 17.3 Å². The molecule has 6 heteroatoms. The van der Waals surface area contributed by atoms with Crippen LogP contribution in [0.2, 0.25) is 0 Å². The quantitative estimate of drug-likeness (QED) is 0.698. The van der Waals surface area contributed by atoms with Gasteiger partial charge in [-0.25, -0.2) is 15.0 Å². The zero-order chi connectivity index (χ0) is 11.7. The number of fused-ring (bicyclic) bond motifs is 1. The maximum Gasteiger partial charge on any atom is 0.303 e. The zero-order valence-corrected chi connectivity index (χ0v) is 9.39. The molecular formula is C10H12N4O2. The van der Waals surface area contributed by atoms with Crippen molar-refractivity contribution in [3.63, 3.8) is 0 Å². The highest BCUT2D eigenvalue weighted by atomic mass is 16.5. The summed E-state index contributed by atoms with van der Waals surface area (Å²) < 4.78 is 6.69. The number of hydrogen-bond acceptors (Lipinski definition) is 5. The lowest BCUT2D eigenvalue weighted by molar-refractivity contribution is -0.142. The van der Waals surface area contributed by atoms with E-state index in [2.05, 4.69) is 15.0 Å². The molecule has 0 aliphatic carbocycles. The molecule has 0 aliphatic rings. The first-order valence-corrected chi connectivity index (χ1v) is 4.86. The Bertz CT molecular complexity index is 547. The van der Waals surface area contributed by atoms with Gasteiger partial charge in [0.1, 0.15) is 12.3 Å². The molecule has 0 atom stereocenters. The lowest BCUT2D eigenvalue weighted by Crippen LogP contribution is -2.05. The van der Waals surface area contributed by atoms with Crippen molar-refractivity contribution in [3.05, 3.63) is 17.7 Å². The fourth-order valence-electron chi connectivity index (χ4n) is 1.36. The van der Waals surface area contributed by atoms with Gasteiger partial charge in [0.25, 0.3) is 0 Å². The Morgan fingerprint density at radius 2 is 2.25 bits per heavy atom. The number of carbonyl (C=O) groups excluding carboxylic acids is 1. The van der Waals surface area contributed by atoms with Crippen LogP contribution in [0, 0.1) is 6.92 Å². The Kier molecular flexibility index (Phi) is 2.55. The van der Waals surface area contributed by atoms with E-state index in [0.29, 0.717) is 11.3 Å². The first-order chi connectivity index (χ1) is 7.58. The molecule has 2 aromatic heterocycles. The lowest BCUT2D eigenvalue weighted by Gasteiger charge is -2.04. The Morgan fingerprint density at radius 1 is 1.50 bits per heavy atom. The molecule has 0 radical (unpaired) electrons. The summed E-state index contributed by atoms with van der Waals surface area (Å²) in [6.07, 6.45) is 1.65. The third-order valence-corrected chi connectivity index (χ3v) is 2.23. The van der Waals surface area contributed by atoms with Crippen molar-refractivity contribution in [3.8, 4) is 0 Å². The Labute approximate surface area is 92.3 Å². The molecule has 2 rings (SSSR count). The third kappa shape index (κ3) is 1.86. The fraction of sp³-hybridized carbons (Fsp3) is 0.400. The van der Waals surface area contributed by atoms with Crippen LogP contribution >= 0.6 is 0 Å². The highest BCUT2D eigenvalue weighted by Gasteiger charge is 2.09. The highest BCUT2D eigenvalue weighted by Crippen LogP contribution is 2.11. The number of aromatic nitrogens is 4. The van der Waals surface area contributed by atoms with Gasteiger partial charge in [-0.1, -0.05) is 0 Å². The molecule has 84 valence electrons. The van der Waals surface area contributed by atoms with E-state index in [9.17, 15) is 4.79 Å². The van der Waals surface area contributed by atoms with Gasteiger partial charge >= 0.3 is 5.97 Å². The summed E-state index contributed by atoms with van der Waals surface area (Å²) in [7, 11) is 1.86. The molecule has 0 saturated heterocycles. The molecule has 2 aromatic rings. The Balaban J connectivity index is 2.39. The molecule has 2 heterocycles. The standard InChI is InChI=1S/C10H12N4O2/c1-6-8(4-16-7(2)15)13-9-10(12-6)14(3)5-11-9/h5H,4H2,1-3H3. The molecule has 0 aliphatic heterocycles. The summed E-state index contributed by atoms with van der Waals surface area (Å²) >= 11 is 0. The summed E-state index contributed by atoms with van der Waals surface area (Å²) in [5.74, 6) is -0.331. The van der Waals surface area contributed by atoms with E-state index in [-0.39, 0.29) is 12.6 Å². The molecule has 0 spiro atoms. The number of imidazole rings is 1. The van der Waals surface area contributed by atoms with Crippen molar-refractivity contribution in [2.75, 3.05) is 0 Å². The van der Waals surface area contributed by atoms with Crippen molar-refractivity contribution in [1.29, 1.82) is 0 Å². The number of esters is 1. The summed E-state index contributed by atoms with van der Waals surface area (Å²) in [4.78, 5) is 23.5. The normalized spacial score (nSPS) is 10.7. The molecule has 0 unspecified atom stereocenters. The van der Waals surface area contributed by atoms with E-state index in [1.807, 2.05) is 14.0 Å². The highest BCUT2D eigenvalue weighted by molar-refractivity contribution is 5.67. The number of hydrogen-bond donors (Lipinski definition) is 0. The monoisotopic (exact) mass is 220 g/mol. The second kappa shape index (κ2) is 3.88. The molecule has 0 fully saturated rings. The molecule has 0 saturated carbocycles. The van der Waals surface area contributed by atoms with Gasteiger partial charge in [-0.3, -0.25) is 4.79 Å². The Hall–Kier alpha value is -1.98. The predicted octanol–water partition coefficient (Wildman–Crippen LogP) is 0.735. The van der Waals surface area contributed by atoms with Crippen LogP contribution in [0.4, 0.5) is 0 Å². The van der Waals surface area contributed by atoms with E-state index in [1.54, 1.807) is 10.9 Å². The van der Waals surface area contributed by atoms with E-state index in [0.717, 1.165) is 11.3 Å². The Morgan fingerprint density at radius 3 is 2.94 bits per heavy atom. The summed E-state index contributed by atoms with van der Waals surface area (Å²) in [5, 5.41) is 0. The number of carbonyl (C=O) groups is 1. The van der Waals surface area contributed by atoms with Crippen LogP contribution in [-0.4, -0.2) is 25.5 Å². The fourth-order valence-corrected chi connectivity index (χ4v) is 1.36. The van der Waals surface area contributed by atoms with Gasteiger partial charge in [-0.05, 0) is 6.92 Å². The molecular weight excluding hydrogens is 208 g/mol. The average molecular weight is 220 g/mol. The predicted molar refractivity (Wildman–Crippen MR) is 56.5 cm³/mol. The van der Waals surface area contributed by atoms with Gasteiger partial charge in [0.2, 0.25) is 0 Å². The van der Waals surface area contributed by atoms with Crippen molar-refractivity contribution in [2.45, 2.75) is 20.5 Å². The smallest absolute Gasteiger partial charge is 0.303 e. The molecule has 0 bridgehead atoms. The van der Waals surface area contributed by atoms with Crippen LogP contribution in [-0.2, 0) is 23.2 Å². The average Bonchev–Trinajstić information content (AvgIpc) is 2.57. The molecule has 0 amide bonds. The van der Waals surface area contributed by atoms with Gasteiger partial charge < -0.3 is 9.30 Å². The third-order valence-electron chi connectivity index (χ3n) is 2.23. The lowest BCUT2D eigenvalue weighted by atomic mass is 10.3. The maximum atomic E-state index is 10.7. The summed E-state index contributed by atoms with van der Waals surface area (Å²) in [6.45, 7) is 3.33. The summed E-state index contributed by atoms with van der Waals surface area (Å²) in [5.41, 5.74) is 2.68. The topological polar surface area (TPSA) is 69.9 Å². The summed E-state index contributed by atoms with van der Waals surface area (Å²) in [6, 6.07) is 0. The minimum atomic E-state index is -0.331. The van der Waals surface area contributed by atoms with E-state index < -0.39 is 0 Å². The second-order valence-electron chi connectivity index (χ2n) is 3.54. The van der Waals surface area contributed by atoms with Crippen LogP contribution in [0.25, 0.3) is 11.3 Å². The van der Waals surface area contributed by atoms with Crippen LogP contribution in [0.3, 0.4) is 0 Å². The maximum absolute atomic E-state index is 10.7. The zero-order valence-electron chi connectivity index (χ0n) is 9.39. The number of ether oxygens (including phenoxy) is 1. The van der Waals surface area contributed by atoms with Crippen LogP contribution < -0.4 is 0 Å². The first-order valence-electron chi connectivity index (χ1n) is 4.86. The van der Waals surface area contributed by atoms with Gasteiger partial charge in [0.05, 0.1) is 12.0 Å². The molecule has 16 heavy (non-hydrogen) atoms. The second-order valence-corrected chi connectivity index (χ2v) is 3.54. The largest absolute Gasteiger partial charge is 0.459 e. The molecule has 0 N–H and O–H groups in total. The first kappa shape index (κ1) is 10.5. The van der Waals surface area contributed by atoms with Crippen molar-refractivity contribution < 1.29 is 9.53 Å². The molecule has 0 aromatic carbocycles. The van der Waals surface area contributed by atoms with E-state index in [1.165, 1.54) is 6.92 Å². The number of nitrogens with zero attached hydrogens (tertiary/aromatic N) is 4. The van der Waals surface area contributed by atoms with Crippen molar-refractivity contribution in [2.24, 2.45) is 7.05 Å². The van der Waals surface area contributed by atoms with E-state index in [4.69, 9.17) is 4.74 Å². The van der Waals surface area contributed by atoms with Crippen LogP contribution in [0.1, 0.15) is 18.3 Å². The van der Waals surface area contributed by atoms with Gasteiger partial charge in [0.15, 0.2) is 11.3 Å². The van der Waals surface area contributed by atoms with Gasteiger partial charge in [0, 0.05) is 14.0 Å². The molecule has 6 nitrogen and oxygen atoms in total. The minimum absolute atomic E-state index is 0.140. The van der Waals surface area contributed by atoms with Gasteiger partial charge in [-0.15, -0.1) is 0 Å². The SMILES string of the molecule is CC(=O)OCc1nc2ncn(C)c2nc1C. The number of rotatable bonds is 2. The van der Waals surface area contributed by atoms with Crippen LogP contribution in [0.15, 0.2) is 6.33 Å². The van der Waals surface area contributed by atoms with E-state index >= 15 is 0 Å². The minimum Gasteiger partial charge on any atom is -0.459 e. The van der Waals surface area contributed by atoms with Crippen molar-refractivity contribution in [1.82, 2.24) is 19.5 Å².